The molecule has 0 fully saturated rings. The van der Waals surface area contributed by atoms with Crippen LogP contribution in [0.15, 0.2) is 12.1 Å². The second-order valence-corrected chi connectivity index (χ2v) is 6.51. The summed E-state index contributed by atoms with van der Waals surface area (Å²) in [7, 11) is 0. The Balaban J connectivity index is 3.28. The normalized spacial score (nSPS) is 10.6. The van der Waals surface area contributed by atoms with Crippen molar-refractivity contribution in [3.05, 3.63) is 28.3 Å². The van der Waals surface area contributed by atoms with Crippen molar-refractivity contribution < 1.29 is 0 Å². The summed E-state index contributed by atoms with van der Waals surface area (Å²) in [4.78, 5) is 0. The van der Waals surface area contributed by atoms with E-state index in [0.717, 1.165) is 17.9 Å². The van der Waals surface area contributed by atoms with Gasteiger partial charge in [-0.05, 0) is 0 Å². The first-order chi connectivity index (χ1) is 5.70. The van der Waals surface area contributed by atoms with Gasteiger partial charge in [0.2, 0.25) is 0 Å². The van der Waals surface area contributed by atoms with Gasteiger partial charge in [-0.1, -0.05) is 0 Å². The molecular formula is C10H15ClSn. The molecule has 66 valence electrons. The van der Waals surface area contributed by atoms with E-state index in [1.54, 1.807) is 3.58 Å². The molecule has 0 saturated heterocycles. The van der Waals surface area contributed by atoms with Crippen molar-refractivity contribution in [1.29, 1.82) is 0 Å². The van der Waals surface area contributed by atoms with E-state index in [9.17, 15) is 0 Å². The van der Waals surface area contributed by atoms with Crippen LogP contribution in [0, 0.1) is 0 Å². The number of benzene rings is 1. The SMILES string of the molecule is CCc1c(Cl)cc[c]([SnH3])c1CC. The van der Waals surface area contributed by atoms with Gasteiger partial charge in [-0.3, -0.25) is 0 Å². The first-order valence-corrected chi connectivity index (χ1v) is 7.70. The third-order valence-electron chi connectivity index (χ3n) is 2.32. The molecule has 0 aliphatic carbocycles. The van der Waals surface area contributed by atoms with Gasteiger partial charge >= 0.3 is 92.7 Å². The van der Waals surface area contributed by atoms with Gasteiger partial charge in [-0.15, -0.1) is 0 Å². The number of halogens is 1. The standard InChI is InChI=1S/C10H12Cl.Sn.3H/c1-3-8-6-5-7-10(11)9(8)4-2;;;;/h5,7H,3-4H2,1-2H3;;;;. The molecule has 12 heavy (non-hydrogen) atoms. The Labute approximate surface area is 92.4 Å². The summed E-state index contributed by atoms with van der Waals surface area (Å²) in [6.07, 6.45) is 2.20. The monoisotopic (exact) mass is 290 g/mol. The zero-order valence-electron chi connectivity index (χ0n) is 7.95. The molecule has 0 saturated carbocycles. The molecule has 0 heterocycles. The molecule has 0 amide bonds. The van der Waals surface area contributed by atoms with Crippen LogP contribution in [0.2, 0.25) is 5.02 Å². The molecule has 1 aromatic carbocycles. The molecule has 1 rings (SSSR count). The molecule has 0 aromatic heterocycles. The van der Waals surface area contributed by atoms with Crippen molar-refractivity contribution in [1.82, 2.24) is 0 Å². The third kappa shape index (κ3) is 1.97. The second kappa shape index (κ2) is 4.52. The Morgan fingerprint density at radius 2 is 1.75 bits per heavy atom. The molecular weight excluding hydrogens is 274 g/mol. The molecule has 0 radical (unpaired) electrons. The van der Waals surface area contributed by atoms with Crippen molar-refractivity contribution in [2.45, 2.75) is 26.7 Å². The number of rotatable bonds is 2. The first-order valence-electron chi connectivity index (χ1n) is 4.47. The van der Waals surface area contributed by atoms with Crippen molar-refractivity contribution in [2.24, 2.45) is 0 Å². The van der Waals surface area contributed by atoms with E-state index < -0.39 is 0 Å². The van der Waals surface area contributed by atoms with Crippen LogP contribution in [0.1, 0.15) is 25.0 Å². The molecule has 0 unspecified atom stereocenters. The van der Waals surface area contributed by atoms with Gasteiger partial charge in [0.25, 0.3) is 0 Å². The zero-order valence-corrected chi connectivity index (χ0v) is 14.4. The predicted octanol–water partition coefficient (Wildman–Crippen LogP) is 1.46. The van der Waals surface area contributed by atoms with E-state index in [1.165, 1.54) is 11.1 Å². The molecule has 0 aliphatic rings. The van der Waals surface area contributed by atoms with Crippen LogP contribution in [0.3, 0.4) is 0 Å². The van der Waals surface area contributed by atoms with Crippen molar-refractivity contribution in [3.8, 4) is 0 Å². The van der Waals surface area contributed by atoms with Crippen LogP contribution in [-0.4, -0.2) is 22.5 Å². The van der Waals surface area contributed by atoms with Gasteiger partial charge in [-0.25, -0.2) is 0 Å². The molecule has 0 bridgehead atoms. The third-order valence-corrected chi connectivity index (χ3v) is 5.34. The Hall–Kier alpha value is 0.309. The van der Waals surface area contributed by atoms with Gasteiger partial charge in [0.05, 0.1) is 0 Å². The van der Waals surface area contributed by atoms with Gasteiger partial charge in [0.1, 0.15) is 0 Å². The quantitative estimate of drug-likeness (QED) is 0.723. The second-order valence-electron chi connectivity index (χ2n) is 3.03. The fourth-order valence-electron chi connectivity index (χ4n) is 1.66. The first kappa shape index (κ1) is 10.4. The van der Waals surface area contributed by atoms with E-state index >= 15 is 0 Å². The van der Waals surface area contributed by atoms with E-state index in [0.29, 0.717) is 22.5 Å². The fourth-order valence-corrected chi connectivity index (χ4v) is 4.31. The van der Waals surface area contributed by atoms with Gasteiger partial charge in [0, 0.05) is 0 Å². The van der Waals surface area contributed by atoms with E-state index in [2.05, 4.69) is 19.9 Å². The number of hydrogen-bond acceptors (Lipinski definition) is 0. The summed E-state index contributed by atoms with van der Waals surface area (Å²) in [5.41, 5.74) is 2.89. The molecule has 0 aliphatic heterocycles. The maximum atomic E-state index is 6.10. The van der Waals surface area contributed by atoms with Crippen LogP contribution in [0.4, 0.5) is 0 Å². The molecule has 0 N–H and O–H groups in total. The average Bonchev–Trinajstić information content (AvgIpc) is 2.08. The van der Waals surface area contributed by atoms with Crippen LogP contribution < -0.4 is 3.58 Å². The molecule has 0 nitrogen and oxygen atoms in total. The summed E-state index contributed by atoms with van der Waals surface area (Å²) < 4.78 is 1.57. The Morgan fingerprint density at radius 3 is 2.17 bits per heavy atom. The summed E-state index contributed by atoms with van der Waals surface area (Å²) in [5, 5.41) is 0.950. The van der Waals surface area contributed by atoms with Crippen LogP contribution in [0.25, 0.3) is 0 Å². The summed E-state index contributed by atoms with van der Waals surface area (Å²) in [6, 6.07) is 4.24. The maximum absolute atomic E-state index is 6.10. The van der Waals surface area contributed by atoms with Gasteiger partial charge in [-0.2, -0.15) is 0 Å². The molecule has 2 heteroatoms. The van der Waals surface area contributed by atoms with Crippen LogP contribution >= 0.6 is 11.6 Å². The minimum atomic E-state index is 0.606. The van der Waals surface area contributed by atoms with E-state index in [4.69, 9.17) is 11.6 Å². The van der Waals surface area contributed by atoms with Crippen LogP contribution in [-0.2, 0) is 12.8 Å². The Bertz CT molecular complexity index is 252. The fraction of sp³-hybridized carbons (Fsp3) is 0.400. The summed E-state index contributed by atoms with van der Waals surface area (Å²) in [6.45, 7) is 4.39. The topological polar surface area (TPSA) is 0 Å². The minimum absolute atomic E-state index is 0.606. The van der Waals surface area contributed by atoms with E-state index in [1.807, 2.05) is 6.07 Å². The zero-order chi connectivity index (χ0) is 9.14. The molecule has 0 atom stereocenters. The Morgan fingerprint density at radius 1 is 1.17 bits per heavy atom. The van der Waals surface area contributed by atoms with E-state index in [-0.39, 0.29) is 0 Å². The summed E-state index contributed by atoms with van der Waals surface area (Å²) >= 11 is 6.71. The van der Waals surface area contributed by atoms with Crippen molar-refractivity contribution >= 4 is 37.7 Å². The Kier molecular flexibility index (Phi) is 3.91. The molecule has 1 aromatic rings. The average molecular weight is 289 g/mol. The van der Waals surface area contributed by atoms with Gasteiger partial charge < -0.3 is 0 Å². The van der Waals surface area contributed by atoms with Gasteiger partial charge in [0.15, 0.2) is 0 Å². The van der Waals surface area contributed by atoms with Crippen LogP contribution in [0.5, 0.6) is 0 Å². The van der Waals surface area contributed by atoms with Crippen molar-refractivity contribution in [2.75, 3.05) is 0 Å². The predicted molar refractivity (Wildman–Crippen MR) is 59.8 cm³/mol. The van der Waals surface area contributed by atoms with Crippen molar-refractivity contribution in [3.63, 3.8) is 0 Å². The summed E-state index contributed by atoms with van der Waals surface area (Å²) in [5.74, 6) is 0. The molecule has 0 spiro atoms. The number of hydrogen-bond donors (Lipinski definition) is 0.